The molecule has 0 saturated heterocycles. The van der Waals surface area contributed by atoms with Crippen LogP contribution in [-0.2, 0) is 47.4 Å². The number of hydrogen-bond donors (Lipinski definition) is 0. The van der Waals surface area contributed by atoms with Gasteiger partial charge in [0.1, 0.15) is 0 Å². The van der Waals surface area contributed by atoms with Gasteiger partial charge < -0.3 is 52.3 Å². The van der Waals surface area contributed by atoms with Crippen molar-refractivity contribution in [2.75, 3.05) is 159 Å². The molecule has 0 spiro atoms. The summed E-state index contributed by atoms with van der Waals surface area (Å²) in [6, 6.07) is 0. The Morgan fingerprint density at radius 3 is 0.850 bits per heavy atom. The van der Waals surface area contributed by atoms with Crippen molar-refractivity contribution in [1.82, 2.24) is 4.90 Å². The van der Waals surface area contributed by atoms with Crippen LogP contribution in [0, 0.1) is 0 Å². The number of likely N-dealkylation sites (N-methyl/N-ethyl adjacent to an activating group) is 1. The highest BCUT2D eigenvalue weighted by Gasteiger charge is 1.96. The van der Waals surface area contributed by atoms with Gasteiger partial charge in [-0.05, 0) is 26.9 Å². The predicted molar refractivity (Wildman–Crippen MR) is 156 cm³/mol. The summed E-state index contributed by atoms with van der Waals surface area (Å²) in [7, 11) is 4.04. The molecule has 0 aliphatic heterocycles. The fraction of sp³-hybridized carbons (Fsp3) is 1.00. The smallest absolute Gasteiger partial charge is 0.0701 e. The Hall–Kier alpha value is -0.150. The fourth-order valence-electron chi connectivity index (χ4n) is 2.98. The van der Waals surface area contributed by atoms with Crippen molar-refractivity contribution < 1.29 is 47.4 Å². The van der Waals surface area contributed by atoms with E-state index in [0.717, 1.165) is 38.5 Å². The highest BCUT2D eigenvalue weighted by molar-refractivity contribution is 6.17. The molecule has 0 aliphatic carbocycles. The van der Waals surface area contributed by atoms with Crippen molar-refractivity contribution in [3.05, 3.63) is 0 Å². The fourth-order valence-corrected chi connectivity index (χ4v) is 3.17. The second-order valence-electron chi connectivity index (χ2n) is 9.03. The van der Waals surface area contributed by atoms with E-state index in [1.54, 1.807) is 0 Å². The zero-order valence-electron chi connectivity index (χ0n) is 25.3. The first-order valence-corrected chi connectivity index (χ1v) is 15.3. The number of rotatable bonds is 36. The Morgan fingerprint density at radius 1 is 0.325 bits per heavy atom. The summed E-state index contributed by atoms with van der Waals surface area (Å²) < 4.78 is 54.7. The van der Waals surface area contributed by atoms with E-state index in [1.807, 2.05) is 14.1 Å². The Kier molecular flexibility index (Phi) is 36.7. The standard InChI is InChI=1S/C28H58ClNO10/c1-30(2)8-10-32-12-14-34-16-18-36-20-22-38-24-26-40-28-27-39-25-23-37-21-19-35-17-15-33-13-11-31-9-6-4-3-5-7-29/h3-28H2,1-2H3. The van der Waals surface area contributed by atoms with Gasteiger partial charge in [-0.1, -0.05) is 12.8 Å². The molecular weight excluding hydrogens is 546 g/mol. The minimum absolute atomic E-state index is 0.527. The van der Waals surface area contributed by atoms with Gasteiger partial charge in [-0.3, -0.25) is 0 Å². The van der Waals surface area contributed by atoms with Crippen molar-refractivity contribution in [1.29, 1.82) is 0 Å². The maximum absolute atomic E-state index is 5.65. The van der Waals surface area contributed by atoms with Gasteiger partial charge in [0.25, 0.3) is 0 Å². The molecule has 12 heteroatoms. The Balaban J connectivity index is 3.02. The highest BCUT2D eigenvalue weighted by Crippen LogP contribution is 2.01. The zero-order chi connectivity index (χ0) is 29.0. The molecule has 0 bridgehead atoms. The monoisotopic (exact) mass is 603 g/mol. The van der Waals surface area contributed by atoms with Crippen LogP contribution in [0.25, 0.3) is 0 Å². The average Bonchev–Trinajstić information content (AvgIpc) is 2.95. The minimum Gasteiger partial charge on any atom is -0.379 e. The van der Waals surface area contributed by atoms with Gasteiger partial charge in [0, 0.05) is 19.0 Å². The molecule has 242 valence electrons. The van der Waals surface area contributed by atoms with Crippen LogP contribution in [0.2, 0.25) is 0 Å². The molecule has 0 N–H and O–H groups in total. The van der Waals surface area contributed by atoms with E-state index in [4.69, 9.17) is 59.0 Å². The molecule has 0 aromatic rings. The molecule has 0 heterocycles. The largest absolute Gasteiger partial charge is 0.379 e. The quantitative estimate of drug-likeness (QED) is 0.0781. The van der Waals surface area contributed by atoms with E-state index in [1.165, 1.54) is 12.8 Å². The van der Waals surface area contributed by atoms with E-state index in [9.17, 15) is 0 Å². The van der Waals surface area contributed by atoms with E-state index in [-0.39, 0.29) is 0 Å². The summed E-state index contributed by atoms with van der Waals surface area (Å²) in [6.07, 6.45) is 4.51. The van der Waals surface area contributed by atoms with Gasteiger partial charge in [-0.15, -0.1) is 11.6 Å². The summed E-state index contributed by atoms with van der Waals surface area (Å²) >= 11 is 5.65. The van der Waals surface area contributed by atoms with Crippen molar-refractivity contribution in [3.63, 3.8) is 0 Å². The third-order valence-electron chi connectivity index (χ3n) is 5.20. The van der Waals surface area contributed by atoms with Gasteiger partial charge in [0.2, 0.25) is 0 Å². The van der Waals surface area contributed by atoms with Crippen molar-refractivity contribution in [2.45, 2.75) is 25.7 Å². The topological polar surface area (TPSA) is 95.5 Å². The summed E-state index contributed by atoms with van der Waals surface area (Å²) in [6.45, 7) is 12.4. The van der Waals surface area contributed by atoms with Crippen LogP contribution in [0.15, 0.2) is 0 Å². The first-order chi connectivity index (χ1) is 19.8. The first kappa shape index (κ1) is 39.8. The van der Waals surface area contributed by atoms with Gasteiger partial charge in [-0.2, -0.15) is 0 Å². The highest BCUT2D eigenvalue weighted by atomic mass is 35.5. The van der Waals surface area contributed by atoms with E-state index in [0.29, 0.717) is 119 Å². The molecule has 0 atom stereocenters. The number of nitrogens with zero attached hydrogens (tertiary/aromatic N) is 1. The summed E-state index contributed by atoms with van der Waals surface area (Å²) in [5.74, 6) is 0.746. The van der Waals surface area contributed by atoms with E-state index >= 15 is 0 Å². The van der Waals surface area contributed by atoms with E-state index in [2.05, 4.69) is 4.90 Å². The molecule has 0 aromatic heterocycles. The lowest BCUT2D eigenvalue weighted by Gasteiger charge is -2.10. The zero-order valence-corrected chi connectivity index (χ0v) is 26.0. The molecule has 0 amide bonds. The number of halogens is 1. The summed E-state index contributed by atoms with van der Waals surface area (Å²) in [5.41, 5.74) is 0. The third-order valence-corrected chi connectivity index (χ3v) is 5.47. The van der Waals surface area contributed by atoms with Crippen LogP contribution in [0.3, 0.4) is 0 Å². The van der Waals surface area contributed by atoms with Crippen LogP contribution >= 0.6 is 11.6 Å². The lowest BCUT2D eigenvalue weighted by molar-refractivity contribution is -0.0265. The summed E-state index contributed by atoms with van der Waals surface area (Å²) in [5, 5.41) is 0. The SMILES string of the molecule is CN(C)CCOCCOCCOCCOCCOCCOCCOCCOCCOCCOCCCCCCCl. The van der Waals surface area contributed by atoms with Crippen molar-refractivity contribution in [3.8, 4) is 0 Å². The van der Waals surface area contributed by atoms with Crippen LogP contribution < -0.4 is 0 Å². The lowest BCUT2D eigenvalue weighted by Crippen LogP contribution is -2.19. The number of alkyl halides is 1. The van der Waals surface area contributed by atoms with Gasteiger partial charge in [-0.25, -0.2) is 0 Å². The van der Waals surface area contributed by atoms with Crippen LogP contribution in [0.5, 0.6) is 0 Å². The molecule has 0 radical (unpaired) electrons. The molecule has 40 heavy (non-hydrogen) atoms. The second kappa shape index (κ2) is 36.9. The molecule has 0 aromatic carbocycles. The molecule has 0 rings (SSSR count). The van der Waals surface area contributed by atoms with Crippen LogP contribution in [-0.4, -0.2) is 164 Å². The maximum atomic E-state index is 5.65. The number of ether oxygens (including phenoxy) is 10. The van der Waals surface area contributed by atoms with E-state index < -0.39 is 0 Å². The summed E-state index contributed by atoms with van der Waals surface area (Å²) in [4.78, 5) is 2.08. The van der Waals surface area contributed by atoms with Crippen LogP contribution in [0.4, 0.5) is 0 Å². The predicted octanol–water partition coefficient (Wildman–Crippen LogP) is 2.51. The molecule has 0 fully saturated rings. The molecule has 0 saturated carbocycles. The maximum Gasteiger partial charge on any atom is 0.0701 e. The molecule has 0 aliphatic rings. The lowest BCUT2D eigenvalue weighted by atomic mass is 10.2. The van der Waals surface area contributed by atoms with Gasteiger partial charge in [0.15, 0.2) is 0 Å². The normalized spacial score (nSPS) is 11.7. The number of hydrogen-bond acceptors (Lipinski definition) is 11. The first-order valence-electron chi connectivity index (χ1n) is 14.8. The van der Waals surface area contributed by atoms with Crippen LogP contribution in [0.1, 0.15) is 25.7 Å². The third kappa shape index (κ3) is 37.9. The van der Waals surface area contributed by atoms with Crippen molar-refractivity contribution in [2.24, 2.45) is 0 Å². The Labute approximate surface area is 248 Å². The molecular formula is C28H58ClNO10. The Bertz CT molecular complexity index is 455. The average molecular weight is 604 g/mol. The Morgan fingerprint density at radius 2 is 0.575 bits per heavy atom. The molecule has 11 nitrogen and oxygen atoms in total. The van der Waals surface area contributed by atoms with Gasteiger partial charge in [0.05, 0.1) is 126 Å². The number of unbranched alkanes of at least 4 members (excludes halogenated alkanes) is 3. The van der Waals surface area contributed by atoms with Gasteiger partial charge >= 0.3 is 0 Å². The second-order valence-corrected chi connectivity index (χ2v) is 9.41. The van der Waals surface area contributed by atoms with Crippen molar-refractivity contribution >= 4 is 11.6 Å². The molecule has 0 unspecified atom stereocenters. The minimum atomic E-state index is 0.527.